The molecule has 106 valence electrons. The molecule has 0 bridgehead atoms. The summed E-state index contributed by atoms with van der Waals surface area (Å²) in [5, 5.41) is 8.67. The first-order chi connectivity index (χ1) is 9.36. The highest BCUT2D eigenvalue weighted by Crippen LogP contribution is 2.25. The van der Waals surface area contributed by atoms with Crippen molar-refractivity contribution in [1.29, 1.82) is 0 Å². The third kappa shape index (κ3) is 3.47. The lowest BCUT2D eigenvalue weighted by molar-refractivity contribution is -0.137. The highest BCUT2D eigenvalue weighted by atomic mass is 16.4. The standard InChI is InChI=1S/C16H20N2O2/c1-16(2,3)13-6-4-12(5-7-13)14-10-18(11-17-14)9-8-15(19)20/h4-7,10-11H,8-9H2,1-3H3,(H,19,20). The van der Waals surface area contributed by atoms with Gasteiger partial charge in [0.05, 0.1) is 18.4 Å². The van der Waals surface area contributed by atoms with Crippen LogP contribution in [0.3, 0.4) is 0 Å². The van der Waals surface area contributed by atoms with Crippen LogP contribution in [-0.4, -0.2) is 20.6 Å². The van der Waals surface area contributed by atoms with E-state index in [-0.39, 0.29) is 11.8 Å². The number of aliphatic carboxylic acids is 1. The van der Waals surface area contributed by atoms with E-state index in [4.69, 9.17) is 5.11 Å². The molecule has 0 spiro atoms. The van der Waals surface area contributed by atoms with Crippen molar-refractivity contribution >= 4 is 5.97 Å². The molecule has 1 N–H and O–H groups in total. The zero-order valence-corrected chi connectivity index (χ0v) is 12.1. The Morgan fingerprint density at radius 3 is 2.45 bits per heavy atom. The zero-order chi connectivity index (χ0) is 14.8. The van der Waals surface area contributed by atoms with Crippen LogP contribution in [0.1, 0.15) is 32.8 Å². The summed E-state index contributed by atoms with van der Waals surface area (Å²) in [6.45, 7) is 7.00. The van der Waals surface area contributed by atoms with E-state index in [0.717, 1.165) is 11.3 Å². The topological polar surface area (TPSA) is 55.1 Å². The molecule has 0 aliphatic heterocycles. The first kappa shape index (κ1) is 14.3. The van der Waals surface area contributed by atoms with Gasteiger partial charge in [0.1, 0.15) is 0 Å². The minimum absolute atomic E-state index is 0.110. The number of hydrogen-bond acceptors (Lipinski definition) is 2. The van der Waals surface area contributed by atoms with Crippen LogP contribution >= 0.6 is 0 Å². The van der Waals surface area contributed by atoms with Crippen LogP contribution < -0.4 is 0 Å². The summed E-state index contributed by atoms with van der Waals surface area (Å²) in [5.41, 5.74) is 3.34. The predicted octanol–water partition coefficient (Wildman–Crippen LogP) is 3.32. The fourth-order valence-electron chi connectivity index (χ4n) is 2.00. The molecule has 1 heterocycles. The third-order valence-electron chi connectivity index (χ3n) is 3.26. The number of aromatic nitrogens is 2. The first-order valence-electron chi connectivity index (χ1n) is 6.71. The van der Waals surface area contributed by atoms with Crippen LogP contribution in [0.25, 0.3) is 11.3 Å². The molecule has 4 heteroatoms. The molecule has 0 aliphatic carbocycles. The van der Waals surface area contributed by atoms with Gasteiger partial charge in [0.15, 0.2) is 0 Å². The van der Waals surface area contributed by atoms with E-state index in [1.165, 1.54) is 5.56 Å². The maximum Gasteiger partial charge on any atom is 0.305 e. The summed E-state index contributed by atoms with van der Waals surface area (Å²) >= 11 is 0. The Bertz CT molecular complexity index is 592. The molecule has 0 atom stereocenters. The maximum absolute atomic E-state index is 10.5. The van der Waals surface area contributed by atoms with Crippen molar-refractivity contribution < 1.29 is 9.90 Å². The molecule has 0 fully saturated rings. The van der Waals surface area contributed by atoms with Gasteiger partial charge >= 0.3 is 5.97 Å². The number of benzene rings is 1. The first-order valence-corrected chi connectivity index (χ1v) is 6.71. The van der Waals surface area contributed by atoms with E-state index in [2.05, 4.69) is 50.0 Å². The van der Waals surface area contributed by atoms with Crippen LogP contribution in [0.15, 0.2) is 36.8 Å². The average Bonchev–Trinajstić information content (AvgIpc) is 2.84. The lowest BCUT2D eigenvalue weighted by atomic mass is 9.86. The number of carboxylic acid groups (broad SMARTS) is 1. The Hall–Kier alpha value is -2.10. The molecule has 0 unspecified atom stereocenters. The minimum Gasteiger partial charge on any atom is -0.481 e. The van der Waals surface area contributed by atoms with Gasteiger partial charge in [-0.25, -0.2) is 4.98 Å². The second kappa shape index (κ2) is 5.49. The van der Waals surface area contributed by atoms with Gasteiger partial charge in [0, 0.05) is 18.3 Å². The lowest BCUT2D eigenvalue weighted by Crippen LogP contribution is -2.10. The quantitative estimate of drug-likeness (QED) is 0.928. The summed E-state index contributed by atoms with van der Waals surface area (Å²) in [4.78, 5) is 14.9. The number of carboxylic acids is 1. The van der Waals surface area contributed by atoms with E-state index < -0.39 is 5.97 Å². The number of rotatable bonds is 4. The SMILES string of the molecule is CC(C)(C)c1ccc(-c2cn(CCC(=O)O)cn2)cc1. The van der Waals surface area contributed by atoms with Crippen LogP contribution in [0.2, 0.25) is 0 Å². The number of carbonyl (C=O) groups is 1. The Kier molecular flexibility index (Phi) is 3.93. The van der Waals surface area contributed by atoms with Crippen molar-refractivity contribution in [2.75, 3.05) is 0 Å². The molecule has 2 rings (SSSR count). The van der Waals surface area contributed by atoms with Crippen molar-refractivity contribution in [2.45, 2.75) is 39.2 Å². The van der Waals surface area contributed by atoms with E-state index in [9.17, 15) is 4.79 Å². The summed E-state index contributed by atoms with van der Waals surface area (Å²) in [7, 11) is 0. The molecule has 0 saturated heterocycles. The maximum atomic E-state index is 10.5. The monoisotopic (exact) mass is 272 g/mol. The van der Waals surface area contributed by atoms with Gasteiger partial charge in [0.2, 0.25) is 0 Å². The van der Waals surface area contributed by atoms with Gasteiger partial charge in [-0.3, -0.25) is 4.79 Å². The minimum atomic E-state index is -0.796. The second-order valence-electron chi connectivity index (χ2n) is 5.97. The zero-order valence-electron chi connectivity index (χ0n) is 12.1. The second-order valence-corrected chi connectivity index (χ2v) is 5.97. The van der Waals surface area contributed by atoms with Gasteiger partial charge in [-0.05, 0) is 11.0 Å². The van der Waals surface area contributed by atoms with Gasteiger partial charge in [0.25, 0.3) is 0 Å². The van der Waals surface area contributed by atoms with E-state index in [0.29, 0.717) is 6.54 Å². The Morgan fingerprint density at radius 1 is 1.25 bits per heavy atom. The van der Waals surface area contributed by atoms with Crippen molar-refractivity contribution in [3.8, 4) is 11.3 Å². The highest BCUT2D eigenvalue weighted by molar-refractivity contribution is 5.66. The van der Waals surface area contributed by atoms with Gasteiger partial charge < -0.3 is 9.67 Å². The summed E-state index contributed by atoms with van der Waals surface area (Å²) in [6.07, 6.45) is 3.67. The molecule has 0 saturated carbocycles. The Labute approximate surface area is 119 Å². The van der Waals surface area contributed by atoms with Crippen molar-refractivity contribution in [2.24, 2.45) is 0 Å². The lowest BCUT2D eigenvalue weighted by Gasteiger charge is -2.18. The molecule has 20 heavy (non-hydrogen) atoms. The number of nitrogens with zero attached hydrogens (tertiary/aromatic N) is 2. The summed E-state index contributed by atoms with van der Waals surface area (Å²) < 4.78 is 1.81. The highest BCUT2D eigenvalue weighted by Gasteiger charge is 2.13. The smallest absolute Gasteiger partial charge is 0.305 e. The van der Waals surface area contributed by atoms with Crippen LogP contribution in [0.4, 0.5) is 0 Å². The molecule has 1 aromatic heterocycles. The van der Waals surface area contributed by atoms with Gasteiger partial charge in [-0.2, -0.15) is 0 Å². The molecule has 2 aromatic rings. The average molecular weight is 272 g/mol. The Morgan fingerprint density at radius 2 is 1.90 bits per heavy atom. The molecule has 0 aliphatic rings. The number of aryl methyl sites for hydroxylation is 1. The van der Waals surface area contributed by atoms with E-state index in [1.807, 2.05) is 6.20 Å². The normalized spacial score (nSPS) is 11.6. The van der Waals surface area contributed by atoms with Crippen LogP contribution in [0, 0.1) is 0 Å². The van der Waals surface area contributed by atoms with E-state index in [1.54, 1.807) is 10.9 Å². The molecule has 0 amide bonds. The van der Waals surface area contributed by atoms with Crippen LogP contribution in [0.5, 0.6) is 0 Å². The fraction of sp³-hybridized carbons (Fsp3) is 0.375. The summed E-state index contributed by atoms with van der Waals surface area (Å²) in [6, 6.07) is 8.35. The third-order valence-corrected chi connectivity index (χ3v) is 3.26. The van der Waals surface area contributed by atoms with Crippen molar-refractivity contribution in [1.82, 2.24) is 9.55 Å². The molecular weight excluding hydrogens is 252 g/mol. The summed E-state index contributed by atoms with van der Waals surface area (Å²) in [5.74, 6) is -0.796. The number of hydrogen-bond donors (Lipinski definition) is 1. The predicted molar refractivity (Wildman–Crippen MR) is 78.6 cm³/mol. The number of imidazole rings is 1. The molecular formula is C16H20N2O2. The largest absolute Gasteiger partial charge is 0.481 e. The van der Waals surface area contributed by atoms with Gasteiger partial charge in [-0.1, -0.05) is 45.0 Å². The molecule has 4 nitrogen and oxygen atoms in total. The van der Waals surface area contributed by atoms with Crippen LogP contribution in [-0.2, 0) is 16.8 Å². The van der Waals surface area contributed by atoms with E-state index >= 15 is 0 Å². The Balaban J connectivity index is 2.14. The molecule has 0 radical (unpaired) electrons. The molecule has 1 aromatic carbocycles. The van der Waals surface area contributed by atoms with Crippen molar-refractivity contribution in [3.05, 3.63) is 42.4 Å². The fourth-order valence-corrected chi connectivity index (χ4v) is 2.00. The van der Waals surface area contributed by atoms with Crippen molar-refractivity contribution in [3.63, 3.8) is 0 Å². The van der Waals surface area contributed by atoms with Gasteiger partial charge in [-0.15, -0.1) is 0 Å².